The molecule has 10 heteroatoms. The first-order valence-electron chi connectivity index (χ1n) is 10.4. The lowest BCUT2D eigenvalue weighted by Crippen LogP contribution is -2.52. The van der Waals surface area contributed by atoms with Crippen molar-refractivity contribution in [2.45, 2.75) is 91.0 Å². The van der Waals surface area contributed by atoms with Gasteiger partial charge in [0.1, 0.15) is 5.60 Å². The molecule has 0 fully saturated rings. The van der Waals surface area contributed by atoms with Gasteiger partial charge in [-0.3, -0.25) is 4.99 Å². The molecule has 30 heavy (non-hydrogen) atoms. The number of ether oxygens (including phenoxy) is 1. The third-order valence-electron chi connectivity index (χ3n) is 4.60. The summed E-state index contributed by atoms with van der Waals surface area (Å²) in [6, 6.07) is 0. The number of hydrogen-bond donors (Lipinski definition) is 3. The lowest BCUT2D eigenvalue weighted by Gasteiger charge is -2.32. The Morgan fingerprint density at radius 3 is 1.90 bits per heavy atom. The Bertz CT molecular complexity index is 649. The molecule has 0 spiro atoms. The molecule has 0 aliphatic rings. The van der Waals surface area contributed by atoms with Gasteiger partial charge in [-0.05, 0) is 61.3 Å². The molecule has 180 valence electrons. The highest BCUT2D eigenvalue weighted by atomic mass is 127. The summed E-state index contributed by atoms with van der Waals surface area (Å²) in [5.41, 5.74) is -1.11. The second kappa shape index (κ2) is 12.9. The van der Waals surface area contributed by atoms with Crippen LogP contribution >= 0.6 is 24.0 Å². The summed E-state index contributed by atoms with van der Waals surface area (Å²) in [7, 11) is -3.21. The number of amides is 1. The maximum absolute atomic E-state index is 12.3. The van der Waals surface area contributed by atoms with E-state index in [1.807, 2.05) is 41.5 Å². The maximum atomic E-state index is 12.3. The highest BCUT2D eigenvalue weighted by Crippen LogP contribution is 2.18. The molecular formula is C20H43IN4O4S. The van der Waals surface area contributed by atoms with E-state index in [-0.39, 0.29) is 36.3 Å². The Balaban J connectivity index is 0. The van der Waals surface area contributed by atoms with Gasteiger partial charge in [0.2, 0.25) is 0 Å². The summed E-state index contributed by atoms with van der Waals surface area (Å²) in [5.74, 6) is 0.540. The number of halogens is 1. The summed E-state index contributed by atoms with van der Waals surface area (Å²) in [4.78, 5) is 16.8. The van der Waals surface area contributed by atoms with Crippen LogP contribution in [0.3, 0.4) is 0 Å². The van der Waals surface area contributed by atoms with Crippen LogP contribution in [-0.4, -0.2) is 61.7 Å². The zero-order chi connectivity index (χ0) is 22.9. The molecule has 0 saturated carbocycles. The van der Waals surface area contributed by atoms with Gasteiger partial charge in [0.15, 0.2) is 15.8 Å². The molecular weight excluding hydrogens is 519 g/mol. The lowest BCUT2D eigenvalue weighted by molar-refractivity contribution is 0.0452. The average molecular weight is 563 g/mol. The largest absolute Gasteiger partial charge is 0.444 e. The van der Waals surface area contributed by atoms with E-state index in [2.05, 4.69) is 20.9 Å². The van der Waals surface area contributed by atoms with Gasteiger partial charge in [0, 0.05) is 13.1 Å². The fourth-order valence-corrected chi connectivity index (χ4v) is 3.38. The number of rotatable bonds is 9. The molecule has 0 aliphatic heterocycles. The molecule has 0 unspecified atom stereocenters. The molecule has 0 aromatic rings. The topological polar surface area (TPSA) is 109 Å². The van der Waals surface area contributed by atoms with Crippen LogP contribution in [0.25, 0.3) is 0 Å². The van der Waals surface area contributed by atoms with Crippen LogP contribution in [0.2, 0.25) is 0 Å². The third-order valence-corrected chi connectivity index (χ3v) is 7.21. The molecule has 0 rings (SSSR count). The highest BCUT2D eigenvalue weighted by Gasteiger charge is 2.31. The van der Waals surface area contributed by atoms with E-state index in [1.165, 1.54) is 0 Å². The van der Waals surface area contributed by atoms with Crippen LogP contribution in [0.5, 0.6) is 0 Å². The van der Waals surface area contributed by atoms with Crippen molar-refractivity contribution in [3.05, 3.63) is 0 Å². The van der Waals surface area contributed by atoms with Crippen molar-refractivity contribution >= 4 is 45.9 Å². The Labute approximate surface area is 200 Å². The van der Waals surface area contributed by atoms with Gasteiger partial charge in [-0.2, -0.15) is 0 Å². The second-order valence-corrected chi connectivity index (χ2v) is 12.0. The van der Waals surface area contributed by atoms with Gasteiger partial charge < -0.3 is 20.7 Å². The van der Waals surface area contributed by atoms with Gasteiger partial charge in [-0.1, -0.05) is 13.8 Å². The Morgan fingerprint density at radius 1 is 0.967 bits per heavy atom. The highest BCUT2D eigenvalue weighted by molar-refractivity contribution is 14.0. The Hall–Kier alpha value is -0.780. The van der Waals surface area contributed by atoms with E-state index >= 15 is 0 Å². The lowest BCUT2D eigenvalue weighted by atomic mass is 9.93. The minimum atomic E-state index is -3.21. The van der Waals surface area contributed by atoms with E-state index in [0.717, 1.165) is 0 Å². The van der Waals surface area contributed by atoms with Crippen LogP contribution < -0.4 is 16.0 Å². The predicted octanol–water partition coefficient (Wildman–Crippen LogP) is 3.46. The first kappa shape index (κ1) is 31.4. The molecule has 0 radical (unpaired) electrons. The van der Waals surface area contributed by atoms with Gasteiger partial charge in [-0.15, -0.1) is 24.0 Å². The van der Waals surface area contributed by atoms with E-state index in [4.69, 9.17) is 4.74 Å². The van der Waals surface area contributed by atoms with E-state index < -0.39 is 31.8 Å². The number of nitrogens with one attached hydrogen (secondary N) is 3. The number of carbonyl (C=O) groups excluding carboxylic acids is 1. The zero-order valence-electron chi connectivity index (χ0n) is 20.1. The maximum Gasteiger partial charge on any atom is 0.408 e. The first-order valence-corrected chi connectivity index (χ1v) is 12.0. The normalized spacial score (nSPS) is 13.3. The molecule has 0 heterocycles. The van der Waals surface area contributed by atoms with E-state index in [1.54, 1.807) is 20.8 Å². The number of carbonyl (C=O) groups is 1. The molecule has 0 aromatic carbocycles. The first-order chi connectivity index (χ1) is 13.1. The smallest absolute Gasteiger partial charge is 0.408 e. The summed E-state index contributed by atoms with van der Waals surface area (Å²) >= 11 is 0. The average Bonchev–Trinajstić information content (AvgIpc) is 2.55. The summed E-state index contributed by atoms with van der Waals surface area (Å²) < 4.78 is 29.1. The molecule has 0 aromatic heterocycles. The number of sulfone groups is 1. The minimum Gasteiger partial charge on any atom is -0.444 e. The van der Waals surface area contributed by atoms with Gasteiger partial charge >= 0.3 is 6.09 Å². The predicted molar refractivity (Wildman–Crippen MR) is 136 cm³/mol. The summed E-state index contributed by atoms with van der Waals surface area (Å²) in [6.07, 6.45) is 0.902. The van der Waals surface area contributed by atoms with Crippen molar-refractivity contribution in [3.8, 4) is 0 Å². The van der Waals surface area contributed by atoms with Crippen LogP contribution in [0.15, 0.2) is 4.99 Å². The number of guanidine groups is 1. The molecule has 3 N–H and O–H groups in total. The molecule has 8 nitrogen and oxygen atoms in total. The van der Waals surface area contributed by atoms with Crippen LogP contribution in [0.4, 0.5) is 4.79 Å². The molecule has 1 amide bonds. The van der Waals surface area contributed by atoms with Gasteiger partial charge in [0.25, 0.3) is 0 Å². The van der Waals surface area contributed by atoms with Crippen molar-refractivity contribution in [1.82, 2.24) is 16.0 Å². The van der Waals surface area contributed by atoms with E-state index in [9.17, 15) is 13.2 Å². The van der Waals surface area contributed by atoms with Crippen molar-refractivity contribution in [1.29, 1.82) is 0 Å². The minimum absolute atomic E-state index is 0. The zero-order valence-corrected chi connectivity index (χ0v) is 23.3. The van der Waals surface area contributed by atoms with Crippen molar-refractivity contribution in [2.75, 3.05) is 25.4 Å². The SMILES string of the molecule is CCNC(=NCC(CC)(CC)NC(=O)OC(C)(C)C)NCCS(=O)(=O)C(C)(C)C.I. The van der Waals surface area contributed by atoms with Gasteiger partial charge in [-0.25, -0.2) is 13.2 Å². The number of nitrogens with zero attached hydrogens (tertiary/aromatic N) is 1. The number of alkyl carbamates (subject to hydrolysis) is 1. The second-order valence-electron chi connectivity index (χ2n) is 9.17. The van der Waals surface area contributed by atoms with Crippen LogP contribution in [0, 0.1) is 0 Å². The van der Waals surface area contributed by atoms with Crippen molar-refractivity contribution < 1.29 is 17.9 Å². The summed E-state index contributed by atoms with van der Waals surface area (Å²) in [5, 5.41) is 9.16. The molecule has 0 aliphatic carbocycles. The van der Waals surface area contributed by atoms with Crippen LogP contribution in [-0.2, 0) is 14.6 Å². The third kappa shape index (κ3) is 11.6. The fourth-order valence-electron chi connectivity index (χ4n) is 2.39. The summed E-state index contributed by atoms with van der Waals surface area (Å²) in [6.45, 7) is 17.7. The Morgan fingerprint density at radius 2 is 1.50 bits per heavy atom. The number of aliphatic imine (C=N–C) groups is 1. The van der Waals surface area contributed by atoms with Gasteiger partial charge in [0.05, 0.1) is 22.6 Å². The van der Waals surface area contributed by atoms with E-state index in [0.29, 0.717) is 31.9 Å². The van der Waals surface area contributed by atoms with Crippen LogP contribution in [0.1, 0.15) is 75.2 Å². The standard InChI is InChI=1S/C20H42N4O4S.HI/c1-10-20(11-2,24-17(25)28-18(4,5)6)15-23-16(21-12-3)22-13-14-29(26,27)19(7,8)9;/h10-15H2,1-9H3,(H,24,25)(H2,21,22,23);1H. The molecule has 0 bridgehead atoms. The molecule has 0 atom stereocenters. The van der Waals surface area contributed by atoms with Crippen molar-refractivity contribution in [3.63, 3.8) is 0 Å². The number of hydrogen-bond acceptors (Lipinski definition) is 5. The Kier molecular flexibility index (Phi) is 13.5. The molecule has 0 saturated heterocycles. The quantitative estimate of drug-likeness (QED) is 0.226. The fraction of sp³-hybridized carbons (Fsp3) is 0.900. The monoisotopic (exact) mass is 562 g/mol. The van der Waals surface area contributed by atoms with Crippen molar-refractivity contribution in [2.24, 2.45) is 4.99 Å².